The summed E-state index contributed by atoms with van der Waals surface area (Å²) in [6.07, 6.45) is 0. The first-order valence-corrected chi connectivity index (χ1v) is 21.1. The lowest BCUT2D eigenvalue weighted by Crippen LogP contribution is -2.16. The van der Waals surface area contributed by atoms with E-state index < -0.39 is 0 Å². The molecule has 11 aromatic rings. The maximum Gasteiger partial charge on any atom is 0.126 e. The van der Waals surface area contributed by atoms with Gasteiger partial charge in [-0.25, -0.2) is 4.98 Å². The number of thiophene rings is 1. The van der Waals surface area contributed by atoms with E-state index in [1.165, 1.54) is 74.5 Å². The van der Waals surface area contributed by atoms with Crippen LogP contribution in [0.1, 0.15) is 25.0 Å². The van der Waals surface area contributed by atoms with Crippen molar-refractivity contribution in [1.82, 2.24) is 9.55 Å². The van der Waals surface area contributed by atoms with E-state index in [0.29, 0.717) is 0 Å². The molecule has 3 nitrogen and oxygen atoms in total. The van der Waals surface area contributed by atoms with E-state index in [2.05, 4.69) is 199 Å². The highest BCUT2D eigenvalue weighted by Crippen LogP contribution is 2.53. The second kappa shape index (κ2) is 12.2. The fraction of sp³-hybridized carbons (Fsp3) is 0.0577. The maximum absolute atomic E-state index is 5.16. The predicted molar refractivity (Wildman–Crippen MR) is 245 cm³/mol. The molecule has 0 aliphatic heterocycles. The van der Waals surface area contributed by atoms with Crippen LogP contribution < -0.4 is 4.90 Å². The number of thiazole rings is 1. The second-order valence-electron chi connectivity index (χ2n) is 15.5. The van der Waals surface area contributed by atoms with Crippen LogP contribution >= 0.6 is 22.7 Å². The third-order valence-electron chi connectivity index (χ3n) is 12.0. The summed E-state index contributed by atoms with van der Waals surface area (Å²) in [7, 11) is 0. The highest BCUT2D eigenvalue weighted by Gasteiger charge is 2.36. The number of hydrogen-bond donors (Lipinski definition) is 0. The van der Waals surface area contributed by atoms with Crippen LogP contribution in [-0.4, -0.2) is 9.55 Å². The summed E-state index contributed by atoms with van der Waals surface area (Å²) in [5.41, 5.74) is 14.4. The van der Waals surface area contributed by atoms with Crippen molar-refractivity contribution in [3.63, 3.8) is 0 Å². The molecule has 0 saturated heterocycles. The van der Waals surface area contributed by atoms with Gasteiger partial charge in [0.05, 0.1) is 26.9 Å². The van der Waals surface area contributed by atoms with Gasteiger partial charge in [-0.3, -0.25) is 0 Å². The van der Waals surface area contributed by atoms with Crippen molar-refractivity contribution >= 4 is 91.9 Å². The molecule has 57 heavy (non-hydrogen) atoms. The zero-order valence-corrected chi connectivity index (χ0v) is 33.0. The summed E-state index contributed by atoms with van der Waals surface area (Å²) >= 11 is 3.64. The molecule has 0 spiro atoms. The van der Waals surface area contributed by atoms with E-state index in [1.807, 2.05) is 11.3 Å². The molecular formula is C52H35N3S2. The van der Waals surface area contributed by atoms with Crippen LogP contribution in [0.5, 0.6) is 0 Å². The lowest BCUT2D eigenvalue weighted by atomic mass is 9.82. The molecular weight excluding hydrogens is 731 g/mol. The summed E-state index contributed by atoms with van der Waals surface area (Å²) < 4.78 is 6.13. The summed E-state index contributed by atoms with van der Waals surface area (Å²) in [5, 5.41) is 6.09. The molecule has 270 valence electrons. The Labute approximate surface area is 338 Å². The monoisotopic (exact) mass is 765 g/mol. The molecule has 0 fully saturated rings. The number of benzene rings is 8. The Balaban J connectivity index is 1.10. The minimum atomic E-state index is -0.130. The van der Waals surface area contributed by atoms with Crippen molar-refractivity contribution in [2.45, 2.75) is 19.3 Å². The molecule has 0 unspecified atom stereocenters. The zero-order chi connectivity index (χ0) is 37.8. The van der Waals surface area contributed by atoms with Crippen molar-refractivity contribution in [3.05, 3.63) is 187 Å². The maximum atomic E-state index is 5.16. The van der Waals surface area contributed by atoms with E-state index in [1.54, 1.807) is 11.3 Å². The molecule has 5 heteroatoms. The number of rotatable bonds is 5. The van der Waals surface area contributed by atoms with Gasteiger partial charge in [-0.1, -0.05) is 111 Å². The minimum Gasteiger partial charge on any atom is -0.310 e. The quantitative estimate of drug-likeness (QED) is 0.174. The van der Waals surface area contributed by atoms with E-state index in [-0.39, 0.29) is 5.41 Å². The average Bonchev–Trinajstić information content (AvgIpc) is 4.01. The summed E-state index contributed by atoms with van der Waals surface area (Å²) in [6.45, 7) is 4.73. The molecule has 0 saturated carbocycles. The van der Waals surface area contributed by atoms with Gasteiger partial charge in [-0.05, 0) is 101 Å². The third kappa shape index (κ3) is 4.80. The van der Waals surface area contributed by atoms with Crippen molar-refractivity contribution < 1.29 is 0 Å². The van der Waals surface area contributed by atoms with Crippen LogP contribution in [0.25, 0.3) is 79.6 Å². The fourth-order valence-corrected chi connectivity index (χ4v) is 11.7. The minimum absolute atomic E-state index is 0.130. The van der Waals surface area contributed by atoms with Gasteiger partial charge >= 0.3 is 0 Å². The van der Waals surface area contributed by atoms with Crippen LogP contribution in [0.2, 0.25) is 0 Å². The van der Waals surface area contributed by atoms with Crippen LogP contribution in [0.3, 0.4) is 0 Å². The highest BCUT2D eigenvalue weighted by molar-refractivity contribution is 7.27. The average molecular weight is 766 g/mol. The van der Waals surface area contributed by atoms with Crippen LogP contribution in [0.15, 0.2) is 176 Å². The normalized spacial score (nSPS) is 13.2. The summed E-state index contributed by atoms with van der Waals surface area (Å²) in [6, 6.07) is 64.6. The number of nitrogens with zero attached hydrogens (tertiary/aromatic N) is 3. The molecule has 3 heterocycles. The van der Waals surface area contributed by atoms with Gasteiger partial charge < -0.3 is 9.47 Å². The summed E-state index contributed by atoms with van der Waals surface area (Å²) in [4.78, 5) is 7.64. The standard InChI is InChI=1S/C52H35N3S2/c1-52(2)41-17-7-3-13-35(41)36-28-27-34(31-42(36)52)54(32-23-25-33(26-24-32)55-44-19-9-4-14-37(44)38-15-5-10-20-45(38)55)46-30-29-40(51-53-43-18-8-12-22-48(43)57-51)50-49(46)39-16-6-11-21-47(39)56-50/h3-31H,1-2H3. The summed E-state index contributed by atoms with van der Waals surface area (Å²) in [5.74, 6) is 0. The fourth-order valence-electron chi connectivity index (χ4n) is 9.36. The Kier molecular flexibility index (Phi) is 7.02. The lowest BCUT2D eigenvalue weighted by Gasteiger charge is -2.29. The first-order valence-electron chi connectivity index (χ1n) is 19.5. The smallest absolute Gasteiger partial charge is 0.126 e. The Bertz CT molecular complexity index is 3310. The van der Waals surface area contributed by atoms with Crippen molar-refractivity contribution in [3.8, 4) is 27.4 Å². The van der Waals surface area contributed by atoms with Gasteiger partial charge in [-0.15, -0.1) is 22.7 Å². The number of anilines is 3. The van der Waals surface area contributed by atoms with Gasteiger partial charge in [-0.2, -0.15) is 0 Å². The molecule has 3 aromatic heterocycles. The number of aromatic nitrogens is 2. The van der Waals surface area contributed by atoms with Crippen molar-refractivity contribution in [2.24, 2.45) is 0 Å². The molecule has 0 bridgehead atoms. The number of para-hydroxylation sites is 3. The van der Waals surface area contributed by atoms with E-state index in [0.717, 1.165) is 33.3 Å². The Hall–Kier alpha value is -6.53. The molecule has 1 aliphatic rings. The van der Waals surface area contributed by atoms with Gasteiger partial charge in [0.1, 0.15) is 5.01 Å². The Morgan fingerprint density at radius 3 is 1.89 bits per heavy atom. The SMILES string of the molecule is CC1(C)c2ccccc2-c2ccc(N(c3ccc(-n4c5ccccc5c5ccccc54)cc3)c3ccc(-c4nc5ccccc5s4)c4sc5ccccc5c34)cc21. The highest BCUT2D eigenvalue weighted by atomic mass is 32.1. The largest absolute Gasteiger partial charge is 0.310 e. The van der Waals surface area contributed by atoms with Gasteiger partial charge in [0.25, 0.3) is 0 Å². The van der Waals surface area contributed by atoms with E-state index in [4.69, 9.17) is 4.98 Å². The Morgan fingerprint density at radius 1 is 0.509 bits per heavy atom. The molecule has 1 aliphatic carbocycles. The first kappa shape index (κ1) is 32.7. The molecule has 0 N–H and O–H groups in total. The van der Waals surface area contributed by atoms with Gasteiger partial charge in [0.2, 0.25) is 0 Å². The zero-order valence-electron chi connectivity index (χ0n) is 31.4. The molecule has 12 rings (SSSR count). The molecule has 0 atom stereocenters. The van der Waals surface area contributed by atoms with Crippen molar-refractivity contribution in [2.75, 3.05) is 4.90 Å². The Morgan fingerprint density at radius 2 is 1.12 bits per heavy atom. The third-order valence-corrected chi connectivity index (χ3v) is 14.3. The van der Waals surface area contributed by atoms with E-state index >= 15 is 0 Å². The first-order chi connectivity index (χ1) is 28.0. The lowest BCUT2D eigenvalue weighted by molar-refractivity contribution is 0.660. The number of hydrogen-bond acceptors (Lipinski definition) is 4. The predicted octanol–water partition coefficient (Wildman–Crippen LogP) is 15.2. The van der Waals surface area contributed by atoms with Gasteiger partial charge in [0.15, 0.2) is 0 Å². The van der Waals surface area contributed by atoms with Crippen LogP contribution in [-0.2, 0) is 5.41 Å². The van der Waals surface area contributed by atoms with Gasteiger partial charge in [0, 0.05) is 59.0 Å². The second-order valence-corrected chi connectivity index (χ2v) is 17.6. The van der Waals surface area contributed by atoms with Crippen molar-refractivity contribution in [1.29, 1.82) is 0 Å². The van der Waals surface area contributed by atoms with Crippen LogP contribution in [0, 0.1) is 0 Å². The van der Waals surface area contributed by atoms with Crippen LogP contribution in [0.4, 0.5) is 17.1 Å². The molecule has 8 aromatic carbocycles. The number of fused-ring (bicyclic) bond motifs is 10. The molecule has 0 radical (unpaired) electrons. The van der Waals surface area contributed by atoms with E-state index in [9.17, 15) is 0 Å². The topological polar surface area (TPSA) is 21.1 Å². The molecule has 0 amide bonds.